The average molecular weight is 367 g/mol. The van der Waals surface area contributed by atoms with Crippen LogP contribution >= 0.6 is 22.7 Å². The third-order valence-corrected chi connectivity index (χ3v) is 7.67. The van der Waals surface area contributed by atoms with E-state index in [1.165, 1.54) is 52.0 Å². The molecule has 6 heteroatoms. The zero-order chi connectivity index (χ0) is 16.8. The quantitative estimate of drug-likeness (QED) is 0.683. The summed E-state index contributed by atoms with van der Waals surface area (Å²) in [5.74, 6) is 0.875. The number of anilines is 2. The van der Waals surface area contributed by atoms with Crippen molar-refractivity contribution in [3.8, 4) is 6.07 Å². The Bertz CT molecular complexity index is 1010. The number of hydrogen-bond acceptors (Lipinski definition) is 6. The van der Waals surface area contributed by atoms with Crippen LogP contribution in [0, 0.1) is 11.3 Å². The van der Waals surface area contributed by atoms with E-state index in [-0.39, 0.29) is 0 Å². The maximum atomic E-state index is 9.69. The molecule has 0 saturated carbocycles. The molecular formula is C19H18N4S2. The molecule has 0 bridgehead atoms. The molecule has 4 nitrogen and oxygen atoms in total. The number of hydrogen-bond donors (Lipinski definition) is 1. The van der Waals surface area contributed by atoms with Gasteiger partial charge >= 0.3 is 0 Å². The predicted octanol–water partition coefficient (Wildman–Crippen LogP) is 5.13. The van der Waals surface area contributed by atoms with Crippen LogP contribution in [0.1, 0.15) is 52.1 Å². The van der Waals surface area contributed by atoms with Gasteiger partial charge < -0.3 is 5.32 Å². The number of nitrogens with zero attached hydrogens (tertiary/aromatic N) is 3. The minimum absolute atomic E-state index is 0.829. The first-order valence-electron chi connectivity index (χ1n) is 8.92. The van der Waals surface area contributed by atoms with Crippen LogP contribution in [-0.4, -0.2) is 9.97 Å². The van der Waals surface area contributed by atoms with E-state index in [2.05, 4.69) is 21.4 Å². The van der Waals surface area contributed by atoms with Crippen LogP contribution in [0.2, 0.25) is 0 Å². The molecule has 2 aliphatic rings. The number of rotatable bonds is 2. The molecule has 0 spiro atoms. The summed E-state index contributed by atoms with van der Waals surface area (Å²) in [6.07, 6.45) is 11.0. The monoisotopic (exact) mass is 366 g/mol. The number of aromatic nitrogens is 2. The van der Waals surface area contributed by atoms with E-state index in [0.717, 1.165) is 46.9 Å². The van der Waals surface area contributed by atoms with E-state index in [1.807, 2.05) is 11.3 Å². The molecule has 0 amide bonds. The lowest BCUT2D eigenvalue weighted by Crippen LogP contribution is -2.01. The zero-order valence-corrected chi connectivity index (χ0v) is 15.5. The molecule has 5 rings (SSSR count). The van der Waals surface area contributed by atoms with Gasteiger partial charge in [0.25, 0.3) is 0 Å². The molecule has 3 aromatic heterocycles. The third-order valence-electron chi connectivity index (χ3n) is 5.27. The fourth-order valence-corrected chi connectivity index (χ4v) is 6.53. The number of nitriles is 1. The summed E-state index contributed by atoms with van der Waals surface area (Å²) in [7, 11) is 0. The van der Waals surface area contributed by atoms with Gasteiger partial charge in [0.2, 0.25) is 0 Å². The van der Waals surface area contributed by atoms with Gasteiger partial charge in [-0.1, -0.05) is 0 Å². The van der Waals surface area contributed by atoms with Crippen molar-refractivity contribution in [3.63, 3.8) is 0 Å². The number of nitrogens with one attached hydrogen (secondary N) is 1. The van der Waals surface area contributed by atoms with Gasteiger partial charge in [0.15, 0.2) is 0 Å². The highest BCUT2D eigenvalue weighted by atomic mass is 32.1. The van der Waals surface area contributed by atoms with Crippen LogP contribution in [0.4, 0.5) is 10.8 Å². The van der Waals surface area contributed by atoms with Crippen LogP contribution in [0.3, 0.4) is 0 Å². The highest BCUT2D eigenvalue weighted by Gasteiger charge is 2.23. The Balaban J connectivity index is 1.62. The maximum Gasteiger partial charge on any atom is 0.143 e. The lowest BCUT2D eigenvalue weighted by molar-refractivity contribution is 0.696. The van der Waals surface area contributed by atoms with Gasteiger partial charge in [-0.2, -0.15) is 5.26 Å². The first-order chi connectivity index (χ1) is 12.3. The standard InChI is InChI=1S/C19H18N4S2/c20-9-13-11-5-1-3-7-14(11)24-18(13)23-17-16-12-6-2-4-8-15(12)25-19(16)22-10-21-17/h10H,1-8H2,(H,21,22,23). The molecule has 126 valence electrons. The molecule has 2 aliphatic carbocycles. The predicted molar refractivity (Wildman–Crippen MR) is 103 cm³/mol. The summed E-state index contributed by atoms with van der Waals surface area (Å²) >= 11 is 3.55. The van der Waals surface area contributed by atoms with Crippen molar-refractivity contribution in [1.82, 2.24) is 9.97 Å². The van der Waals surface area contributed by atoms with Crippen molar-refractivity contribution < 1.29 is 0 Å². The fraction of sp³-hybridized carbons (Fsp3) is 0.421. The van der Waals surface area contributed by atoms with Crippen LogP contribution in [0.5, 0.6) is 0 Å². The van der Waals surface area contributed by atoms with E-state index in [9.17, 15) is 5.26 Å². The van der Waals surface area contributed by atoms with E-state index < -0.39 is 0 Å². The van der Waals surface area contributed by atoms with Crippen molar-refractivity contribution in [1.29, 1.82) is 5.26 Å². The second-order valence-electron chi connectivity index (χ2n) is 6.77. The van der Waals surface area contributed by atoms with Gasteiger partial charge in [-0.15, -0.1) is 22.7 Å². The Morgan fingerprint density at radius 3 is 2.44 bits per heavy atom. The number of aryl methyl sites for hydroxylation is 3. The smallest absolute Gasteiger partial charge is 0.143 e. The fourth-order valence-electron chi connectivity index (χ4n) is 4.06. The number of thiophene rings is 2. The largest absolute Gasteiger partial charge is 0.330 e. The minimum Gasteiger partial charge on any atom is -0.330 e. The molecule has 25 heavy (non-hydrogen) atoms. The second-order valence-corrected chi connectivity index (χ2v) is 8.95. The summed E-state index contributed by atoms with van der Waals surface area (Å²) in [6, 6.07) is 2.44. The van der Waals surface area contributed by atoms with Crippen LogP contribution in [0.15, 0.2) is 6.33 Å². The zero-order valence-electron chi connectivity index (χ0n) is 13.9. The van der Waals surface area contributed by atoms with Crippen LogP contribution in [-0.2, 0) is 25.7 Å². The Kier molecular flexibility index (Phi) is 3.72. The molecule has 0 fully saturated rings. The average Bonchev–Trinajstić information content (AvgIpc) is 3.19. The van der Waals surface area contributed by atoms with Crippen molar-refractivity contribution >= 4 is 43.7 Å². The van der Waals surface area contributed by atoms with Crippen LogP contribution < -0.4 is 5.32 Å². The van der Waals surface area contributed by atoms with E-state index in [1.54, 1.807) is 17.7 Å². The van der Waals surface area contributed by atoms with Crippen molar-refractivity contribution in [2.75, 3.05) is 5.32 Å². The first kappa shape index (κ1) is 15.3. The molecule has 0 aliphatic heterocycles. The summed E-state index contributed by atoms with van der Waals surface area (Å²) in [5.41, 5.74) is 3.52. The summed E-state index contributed by atoms with van der Waals surface area (Å²) in [6.45, 7) is 0. The normalized spacial score (nSPS) is 16.3. The minimum atomic E-state index is 0.829. The van der Waals surface area contributed by atoms with Gasteiger partial charge in [0.1, 0.15) is 28.0 Å². The van der Waals surface area contributed by atoms with Crippen molar-refractivity contribution in [2.24, 2.45) is 0 Å². The van der Waals surface area contributed by atoms with Gasteiger partial charge in [-0.25, -0.2) is 9.97 Å². The topological polar surface area (TPSA) is 61.6 Å². The first-order valence-corrected chi connectivity index (χ1v) is 10.6. The third kappa shape index (κ3) is 2.45. The molecule has 0 aromatic carbocycles. The molecule has 1 N–H and O–H groups in total. The highest BCUT2D eigenvalue weighted by Crippen LogP contribution is 2.42. The van der Waals surface area contributed by atoms with Crippen molar-refractivity contribution in [2.45, 2.75) is 51.4 Å². The van der Waals surface area contributed by atoms with Gasteiger partial charge in [0, 0.05) is 9.75 Å². The Morgan fingerprint density at radius 2 is 1.64 bits per heavy atom. The Labute approximate surface area is 154 Å². The van der Waals surface area contributed by atoms with Crippen molar-refractivity contribution in [3.05, 3.63) is 32.8 Å². The molecule has 3 heterocycles. The second kappa shape index (κ2) is 6.08. The van der Waals surface area contributed by atoms with Crippen LogP contribution in [0.25, 0.3) is 10.2 Å². The molecular weight excluding hydrogens is 348 g/mol. The van der Waals surface area contributed by atoms with Gasteiger partial charge in [-0.05, 0) is 62.5 Å². The Hall–Kier alpha value is -1.97. The lowest BCUT2D eigenvalue weighted by atomic mass is 9.96. The molecule has 3 aromatic rings. The lowest BCUT2D eigenvalue weighted by Gasteiger charge is -2.12. The molecule has 0 saturated heterocycles. The number of fused-ring (bicyclic) bond motifs is 4. The molecule has 0 radical (unpaired) electrons. The summed E-state index contributed by atoms with van der Waals surface area (Å²) < 4.78 is 0. The maximum absolute atomic E-state index is 9.69. The van der Waals surface area contributed by atoms with Gasteiger partial charge in [0.05, 0.1) is 10.9 Å². The van der Waals surface area contributed by atoms with E-state index in [4.69, 9.17) is 0 Å². The highest BCUT2D eigenvalue weighted by molar-refractivity contribution is 7.19. The van der Waals surface area contributed by atoms with E-state index >= 15 is 0 Å². The van der Waals surface area contributed by atoms with E-state index in [0.29, 0.717) is 0 Å². The SMILES string of the molecule is N#Cc1c(Nc2ncnc3sc4c(c23)CCCC4)sc2c1CCCC2. The summed E-state index contributed by atoms with van der Waals surface area (Å²) in [5, 5.41) is 15.3. The van der Waals surface area contributed by atoms with Gasteiger partial charge in [-0.3, -0.25) is 0 Å². The molecule has 0 unspecified atom stereocenters. The molecule has 0 atom stereocenters. The summed E-state index contributed by atoms with van der Waals surface area (Å²) in [4.78, 5) is 13.0. The Morgan fingerprint density at radius 1 is 0.920 bits per heavy atom.